The molecule has 1 unspecified atom stereocenters. The summed E-state index contributed by atoms with van der Waals surface area (Å²) in [5.41, 5.74) is 5.55. The zero-order valence-electron chi connectivity index (χ0n) is 11.6. The third kappa shape index (κ3) is 3.44. The Balaban J connectivity index is 2.21. The number of hydrazine groups is 1. The number of hydrogen-bond donors (Lipinski definition) is 2. The predicted octanol–water partition coefficient (Wildman–Crippen LogP) is 3.82. The highest BCUT2D eigenvalue weighted by Gasteiger charge is 2.14. The molecule has 0 radical (unpaired) electrons. The van der Waals surface area contributed by atoms with E-state index < -0.39 is 0 Å². The quantitative estimate of drug-likeness (QED) is 0.621. The largest absolute Gasteiger partial charge is 0.271 e. The smallest absolute Gasteiger partial charge is 0.0802 e. The molecule has 2 rings (SSSR count). The van der Waals surface area contributed by atoms with Crippen molar-refractivity contribution >= 4 is 11.3 Å². The third-order valence-electron chi connectivity index (χ3n) is 3.33. The van der Waals surface area contributed by atoms with Gasteiger partial charge in [0.1, 0.15) is 0 Å². The molecular formula is C16H22N2S. The van der Waals surface area contributed by atoms with E-state index in [2.05, 4.69) is 55.7 Å². The maximum absolute atomic E-state index is 5.74. The molecule has 1 aromatic carbocycles. The van der Waals surface area contributed by atoms with E-state index in [1.807, 2.05) is 11.3 Å². The van der Waals surface area contributed by atoms with E-state index in [1.54, 1.807) is 0 Å². The van der Waals surface area contributed by atoms with Gasteiger partial charge in [0.05, 0.1) is 6.04 Å². The van der Waals surface area contributed by atoms with Gasteiger partial charge in [-0.05, 0) is 36.1 Å². The fourth-order valence-corrected chi connectivity index (χ4v) is 3.29. The van der Waals surface area contributed by atoms with Gasteiger partial charge in [0.15, 0.2) is 0 Å². The van der Waals surface area contributed by atoms with E-state index in [1.165, 1.54) is 27.3 Å². The maximum Gasteiger partial charge on any atom is 0.0802 e. The zero-order valence-corrected chi connectivity index (χ0v) is 12.5. The molecule has 1 heterocycles. The summed E-state index contributed by atoms with van der Waals surface area (Å²) in [7, 11) is 0. The minimum absolute atomic E-state index is 0.0981. The van der Waals surface area contributed by atoms with E-state index in [0.717, 1.165) is 12.8 Å². The zero-order chi connectivity index (χ0) is 13.7. The van der Waals surface area contributed by atoms with Crippen molar-refractivity contribution in [3.63, 3.8) is 0 Å². The predicted molar refractivity (Wildman–Crippen MR) is 83.3 cm³/mol. The number of rotatable bonds is 6. The van der Waals surface area contributed by atoms with Crippen molar-refractivity contribution in [3.8, 4) is 0 Å². The molecule has 0 aliphatic carbocycles. The van der Waals surface area contributed by atoms with E-state index in [4.69, 9.17) is 5.84 Å². The number of nitrogens with one attached hydrogen (secondary N) is 1. The van der Waals surface area contributed by atoms with Gasteiger partial charge in [0, 0.05) is 9.75 Å². The average molecular weight is 274 g/mol. The standard InChI is InChI=1S/C16H22N2S/c1-3-5-12-6-8-13(9-7-12)16(18-17)15-11-10-14(4-2)19-15/h6-11,16,18H,3-5,17H2,1-2H3. The highest BCUT2D eigenvalue weighted by atomic mass is 32.1. The van der Waals surface area contributed by atoms with Gasteiger partial charge in [-0.3, -0.25) is 5.84 Å². The number of nitrogens with two attached hydrogens (primary N) is 1. The van der Waals surface area contributed by atoms with Gasteiger partial charge in [-0.15, -0.1) is 11.3 Å². The van der Waals surface area contributed by atoms with Crippen LogP contribution in [0.2, 0.25) is 0 Å². The van der Waals surface area contributed by atoms with Gasteiger partial charge in [-0.1, -0.05) is 44.5 Å². The summed E-state index contributed by atoms with van der Waals surface area (Å²) >= 11 is 1.83. The van der Waals surface area contributed by atoms with Crippen LogP contribution in [0.3, 0.4) is 0 Å². The molecule has 3 N–H and O–H groups in total. The van der Waals surface area contributed by atoms with Crippen molar-refractivity contribution in [2.75, 3.05) is 0 Å². The average Bonchev–Trinajstić information content (AvgIpc) is 2.91. The third-order valence-corrected chi connectivity index (χ3v) is 4.63. The Hall–Kier alpha value is -1.16. The second-order valence-corrected chi connectivity index (χ2v) is 5.95. The molecule has 0 bridgehead atoms. The minimum Gasteiger partial charge on any atom is -0.271 e. The molecule has 0 fully saturated rings. The van der Waals surface area contributed by atoms with Crippen LogP contribution < -0.4 is 11.3 Å². The van der Waals surface area contributed by atoms with Crippen LogP contribution in [0.15, 0.2) is 36.4 Å². The van der Waals surface area contributed by atoms with Crippen molar-refractivity contribution in [2.24, 2.45) is 5.84 Å². The molecule has 19 heavy (non-hydrogen) atoms. The van der Waals surface area contributed by atoms with Crippen LogP contribution in [0, 0.1) is 0 Å². The Morgan fingerprint density at radius 3 is 2.37 bits per heavy atom. The minimum atomic E-state index is 0.0981. The van der Waals surface area contributed by atoms with Crippen LogP contribution in [0.25, 0.3) is 0 Å². The Morgan fingerprint density at radius 1 is 1.11 bits per heavy atom. The van der Waals surface area contributed by atoms with E-state index in [-0.39, 0.29) is 6.04 Å². The van der Waals surface area contributed by atoms with Gasteiger partial charge >= 0.3 is 0 Å². The lowest BCUT2D eigenvalue weighted by Crippen LogP contribution is -2.28. The molecule has 3 heteroatoms. The first-order valence-electron chi connectivity index (χ1n) is 6.92. The molecule has 1 atom stereocenters. The van der Waals surface area contributed by atoms with Crippen LogP contribution in [-0.4, -0.2) is 0 Å². The van der Waals surface area contributed by atoms with Gasteiger partial charge in [0.25, 0.3) is 0 Å². The molecular weight excluding hydrogens is 252 g/mol. The van der Waals surface area contributed by atoms with Crippen molar-refractivity contribution in [1.29, 1.82) is 0 Å². The molecule has 0 spiro atoms. The normalized spacial score (nSPS) is 12.6. The lowest BCUT2D eigenvalue weighted by atomic mass is 10.0. The molecule has 0 aliphatic rings. The first-order valence-corrected chi connectivity index (χ1v) is 7.73. The Kier molecular flexibility index (Phi) is 5.14. The topological polar surface area (TPSA) is 38.0 Å². The van der Waals surface area contributed by atoms with Gasteiger partial charge in [-0.25, -0.2) is 5.43 Å². The summed E-state index contributed by atoms with van der Waals surface area (Å²) in [5, 5.41) is 0. The van der Waals surface area contributed by atoms with Crippen molar-refractivity contribution in [3.05, 3.63) is 57.3 Å². The fourth-order valence-electron chi connectivity index (χ4n) is 2.25. The molecule has 0 saturated carbocycles. The molecule has 1 aromatic heterocycles. The molecule has 0 saturated heterocycles. The molecule has 102 valence electrons. The molecule has 2 aromatic rings. The molecule has 0 aliphatic heterocycles. The van der Waals surface area contributed by atoms with E-state index >= 15 is 0 Å². The first-order chi connectivity index (χ1) is 9.28. The Bertz CT molecular complexity index is 502. The summed E-state index contributed by atoms with van der Waals surface area (Å²) in [6.07, 6.45) is 3.40. The monoisotopic (exact) mass is 274 g/mol. The van der Waals surface area contributed by atoms with E-state index in [0.29, 0.717) is 0 Å². The van der Waals surface area contributed by atoms with Gasteiger partial charge in [0.2, 0.25) is 0 Å². The fraction of sp³-hybridized carbons (Fsp3) is 0.375. The maximum atomic E-state index is 5.74. The van der Waals surface area contributed by atoms with Crippen LogP contribution in [0.1, 0.15) is 47.2 Å². The Morgan fingerprint density at radius 2 is 1.84 bits per heavy atom. The highest BCUT2D eigenvalue weighted by Crippen LogP contribution is 2.28. The number of benzene rings is 1. The van der Waals surface area contributed by atoms with Gasteiger partial charge < -0.3 is 0 Å². The number of hydrogen-bond acceptors (Lipinski definition) is 3. The van der Waals surface area contributed by atoms with Crippen LogP contribution in [0.4, 0.5) is 0 Å². The summed E-state index contributed by atoms with van der Waals surface area (Å²) in [5.74, 6) is 5.74. The van der Waals surface area contributed by atoms with Crippen molar-refractivity contribution in [2.45, 2.75) is 39.2 Å². The van der Waals surface area contributed by atoms with Crippen molar-refractivity contribution in [1.82, 2.24) is 5.43 Å². The summed E-state index contributed by atoms with van der Waals surface area (Å²) in [6, 6.07) is 13.2. The first kappa shape index (κ1) is 14.3. The second kappa shape index (κ2) is 6.85. The van der Waals surface area contributed by atoms with Crippen LogP contribution >= 0.6 is 11.3 Å². The molecule has 2 nitrogen and oxygen atoms in total. The summed E-state index contributed by atoms with van der Waals surface area (Å²) in [6.45, 7) is 4.39. The second-order valence-electron chi connectivity index (χ2n) is 4.75. The summed E-state index contributed by atoms with van der Waals surface area (Å²) in [4.78, 5) is 2.68. The lowest BCUT2D eigenvalue weighted by Gasteiger charge is -2.15. The summed E-state index contributed by atoms with van der Waals surface area (Å²) < 4.78 is 0. The van der Waals surface area contributed by atoms with Crippen LogP contribution in [0.5, 0.6) is 0 Å². The van der Waals surface area contributed by atoms with Crippen molar-refractivity contribution < 1.29 is 0 Å². The van der Waals surface area contributed by atoms with E-state index in [9.17, 15) is 0 Å². The van der Waals surface area contributed by atoms with Gasteiger partial charge in [-0.2, -0.15) is 0 Å². The SMILES string of the molecule is CCCc1ccc(C(NN)c2ccc(CC)s2)cc1. The number of thiophene rings is 1. The molecule has 0 amide bonds. The van der Waals surface area contributed by atoms with Crippen LogP contribution in [-0.2, 0) is 12.8 Å². The lowest BCUT2D eigenvalue weighted by molar-refractivity contribution is 0.646. The highest BCUT2D eigenvalue weighted by molar-refractivity contribution is 7.12. The number of aryl methyl sites for hydroxylation is 2. The Labute approximate surface area is 119 Å².